The van der Waals surface area contributed by atoms with E-state index in [0.29, 0.717) is 61.4 Å². The van der Waals surface area contributed by atoms with Crippen molar-refractivity contribution in [2.45, 2.75) is 19.3 Å². The highest BCUT2D eigenvalue weighted by Gasteiger charge is 2.22. The lowest BCUT2D eigenvalue weighted by molar-refractivity contribution is -0.123. The summed E-state index contributed by atoms with van der Waals surface area (Å²) in [6.45, 7) is 2.04. The molecule has 2 aliphatic heterocycles. The third-order valence-corrected chi connectivity index (χ3v) is 5.25. The van der Waals surface area contributed by atoms with E-state index in [0.717, 1.165) is 17.7 Å². The molecule has 2 aromatic carbocycles. The Labute approximate surface area is 179 Å². The van der Waals surface area contributed by atoms with Gasteiger partial charge in [-0.25, -0.2) is 0 Å². The van der Waals surface area contributed by atoms with Gasteiger partial charge in [-0.2, -0.15) is 0 Å². The van der Waals surface area contributed by atoms with Gasteiger partial charge in [0.2, 0.25) is 5.91 Å². The minimum absolute atomic E-state index is 0.0979. The molecule has 0 aromatic heterocycles. The largest absolute Gasteiger partial charge is 0.486 e. The Kier molecular flexibility index (Phi) is 6.28. The van der Waals surface area contributed by atoms with Crippen LogP contribution in [0.1, 0.15) is 18.4 Å². The number of carbonyl (C=O) groups is 2. The molecule has 158 valence electrons. The van der Waals surface area contributed by atoms with Gasteiger partial charge in [-0.1, -0.05) is 17.7 Å². The van der Waals surface area contributed by atoms with E-state index >= 15 is 0 Å². The lowest BCUT2D eigenvalue weighted by atomic mass is 10.1. The van der Waals surface area contributed by atoms with Gasteiger partial charge in [-0.3, -0.25) is 9.59 Å². The highest BCUT2D eigenvalue weighted by Crippen LogP contribution is 2.38. The summed E-state index contributed by atoms with van der Waals surface area (Å²) >= 11 is 6.24. The van der Waals surface area contributed by atoms with Gasteiger partial charge in [0, 0.05) is 31.3 Å². The zero-order chi connectivity index (χ0) is 20.9. The maximum atomic E-state index is 12.1. The molecule has 4 rings (SSSR count). The third kappa shape index (κ3) is 4.79. The lowest BCUT2D eigenvalue weighted by Crippen LogP contribution is -2.30. The highest BCUT2D eigenvalue weighted by molar-refractivity contribution is 6.32. The summed E-state index contributed by atoms with van der Waals surface area (Å²) < 4.78 is 16.7. The quantitative estimate of drug-likeness (QED) is 0.730. The fourth-order valence-corrected chi connectivity index (χ4v) is 3.80. The van der Waals surface area contributed by atoms with Crippen molar-refractivity contribution in [1.82, 2.24) is 5.32 Å². The van der Waals surface area contributed by atoms with Crippen LogP contribution in [-0.4, -0.2) is 44.7 Å². The summed E-state index contributed by atoms with van der Waals surface area (Å²) in [5, 5.41) is 3.34. The van der Waals surface area contributed by atoms with E-state index in [-0.39, 0.29) is 18.4 Å². The smallest absolute Gasteiger partial charge is 0.257 e. The number of nitrogens with one attached hydrogen (secondary N) is 1. The Hall–Kier alpha value is -2.93. The van der Waals surface area contributed by atoms with Gasteiger partial charge in [0.05, 0.1) is 5.02 Å². The van der Waals surface area contributed by atoms with Crippen molar-refractivity contribution < 1.29 is 23.8 Å². The number of anilines is 1. The normalized spacial score (nSPS) is 15.2. The number of nitrogens with zero attached hydrogens (tertiary/aromatic N) is 1. The van der Waals surface area contributed by atoms with Crippen molar-refractivity contribution >= 4 is 29.1 Å². The number of benzene rings is 2. The average Bonchev–Trinajstić information content (AvgIpc) is 3.18. The molecule has 30 heavy (non-hydrogen) atoms. The van der Waals surface area contributed by atoms with Crippen LogP contribution in [0, 0.1) is 0 Å². The van der Waals surface area contributed by atoms with E-state index in [2.05, 4.69) is 5.32 Å². The Morgan fingerprint density at radius 3 is 2.90 bits per heavy atom. The molecule has 0 atom stereocenters. The SMILES string of the molecule is O=C(COc1cccc(N2CCCC2=O)c1)NCCc1cc(Cl)c2c(c1)OCCO2. The number of rotatable bonds is 7. The van der Waals surface area contributed by atoms with Crippen LogP contribution in [0.2, 0.25) is 5.02 Å². The summed E-state index contributed by atoms with van der Waals surface area (Å²) in [6, 6.07) is 11.0. The molecule has 0 saturated carbocycles. The van der Waals surface area contributed by atoms with Gasteiger partial charge in [-0.15, -0.1) is 0 Å². The number of carbonyl (C=O) groups excluding carboxylic acids is 2. The molecule has 2 heterocycles. The first-order valence-electron chi connectivity index (χ1n) is 9.98. The molecule has 8 heteroatoms. The van der Waals surface area contributed by atoms with E-state index in [1.165, 1.54) is 0 Å². The van der Waals surface area contributed by atoms with Crippen molar-refractivity contribution in [2.75, 3.05) is 37.8 Å². The Bertz CT molecular complexity index is 949. The van der Waals surface area contributed by atoms with Gasteiger partial charge in [0.25, 0.3) is 5.91 Å². The van der Waals surface area contributed by atoms with E-state index in [1.54, 1.807) is 17.0 Å². The maximum absolute atomic E-state index is 12.1. The first-order valence-corrected chi connectivity index (χ1v) is 10.4. The standard InChI is InChI=1S/C22H23ClN2O5/c23-18-11-15(12-19-22(18)29-10-9-28-19)6-7-24-20(26)14-30-17-4-1-3-16(13-17)25-8-2-5-21(25)27/h1,3-4,11-13H,2,5-10,14H2,(H,24,26). The summed E-state index contributed by atoms with van der Waals surface area (Å²) in [5.41, 5.74) is 1.75. The van der Waals surface area contributed by atoms with E-state index < -0.39 is 0 Å². The lowest BCUT2D eigenvalue weighted by Gasteiger charge is -2.20. The summed E-state index contributed by atoms with van der Waals surface area (Å²) in [5.74, 6) is 1.66. The van der Waals surface area contributed by atoms with E-state index in [1.807, 2.05) is 24.3 Å². The summed E-state index contributed by atoms with van der Waals surface area (Å²) in [6.07, 6.45) is 2.04. The molecule has 2 amide bonds. The van der Waals surface area contributed by atoms with Crippen LogP contribution in [0.15, 0.2) is 36.4 Å². The van der Waals surface area contributed by atoms with Crippen LogP contribution in [0.3, 0.4) is 0 Å². The number of hydrogen-bond donors (Lipinski definition) is 1. The number of halogens is 1. The molecule has 1 saturated heterocycles. The molecule has 7 nitrogen and oxygen atoms in total. The van der Waals surface area contributed by atoms with E-state index in [9.17, 15) is 9.59 Å². The molecule has 0 spiro atoms. The fraction of sp³-hybridized carbons (Fsp3) is 0.364. The molecule has 0 aliphatic carbocycles. The Morgan fingerprint density at radius 2 is 2.07 bits per heavy atom. The van der Waals surface area contributed by atoms with Crippen molar-refractivity contribution in [1.29, 1.82) is 0 Å². The third-order valence-electron chi connectivity index (χ3n) is 4.97. The number of fused-ring (bicyclic) bond motifs is 1. The molecule has 1 fully saturated rings. The minimum atomic E-state index is -0.221. The maximum Gasteiger partial charge on any atom is 0.257 e. The zero-order valence-electron chi connectivity index (χ0n) is 16.5. The summed E-state index contributed by atoms with van der Waals surface area (Å²) in [4.78, 5) is 25.8. The first-order chi connectivity index (χ1) is 14.6. The molecule has 0 bridgehead atoms. The zero-order valence-corrected chi connectivity index (χ0v) is 17.2. The van der Waals surface area contributed by atoms with Gasteiger partial charge in [0.1, 0.15) is 19.0 Å². The second-order valence-electron chi connectivity index (χ2n) is 7.14. The van der Waals surface area contributed by atoms with Gasteiger partial charge in [0.15, 0.2) is 18.1 Å². The Morgan fingerprint density at radius 1 is 1.20 bits per heavy atom. The molecular weight excluding hydrogens is 408 g/mol. The Balaban J connectivity index is 1.25. The van der Waals surface area contributed by atoms with Crippen LogP contribution >= 0.6 is 11.6 Å². The second-order valence-corrected chi connectivity index (χ2v) is 7.54. The van der Waals surface area contributed by atoms with Crippen molar-refractivity contribution in [3.63, 3.8) is 0 Å². The van der Waals surface area contributed by atoms with Gasteiger partial charge < -0.3 is 24.4 Å². The number of hydrogen-bond acceptors (Lipinski definition) is 5. The van der Waals surface area contributed by atoms with Crippen molar-refractivity contribution in [2.24, 2.45) is 0 Å². The van der Waals surface area contributed by atoms with Gasteiger partial charge >= 0.3 is 0 Å². The monoisotopic (exact) mass is 430 g/mol. The van der Waals surface area contributed by atoms with E-state index in [4.69, 9.17) is 25.8 Å². The van der Waals surface area contributed by atoms with Crippen LogP contribution in [0.4, 0.5) is 5.69 Å². The van der Waals surface area contributed by atoms with Crippen molar-refractivity contribution in [3.8, 4) is 17.2 Å². The first kappa shape index (κ1) is 20.3. The van der Waals surface area contributed by atoms with Crippen LogP contribution in [-0.2, 0) is 16.0 Å². The highest BCUT2D eigenvalue weighted by atomic mass is 35.5. The minimum Gasteiger partial charge on any atom is -0.486 e. The molecule has 2 aliphatic rings. The number of amides is 2. The van der Waals surface area contributed by atoms with Crippen LogP contribution in [0.25, 0.3) is 0 Å². The summed E-state index contributed by atoms with van der Waals surface area (Å²) in [7, 11) is 0. The topological polar surface area (TPSA) is 77.1 Å². The second kappa shape index (κ2) is 9.26. The van der Waals surface area contributed by atoms with Gasteiger partial charge in [-0.05, 0) is 42.7 Å². The predicted octanol–water partition coefficient (Wildman–Crippen LogP) is 2.98. The molecular formula is C22H23ClN2O5. The average molecular weight is 431 g/mol. The van der Waals surface area contributed by atoms with Crippen LogP contribution < -0.4 is 24.4 Å². The predicted molar refractivity (Wildman–Crippen MR) is 113 cm³/mol. The fourth-order valence-electron chi connectivity index (χ4n) is 3.52. The van der Waals surface area contributed by atoms with Crippen molar-refractivity contribution in [3.05, 3.63) is 47.0 Å². The molecule has 1 N–H and O–H groups in total. The van der Waals surface area contributed by atoms with Crippen LogP contribution in [0.5, 0.6) is 17.2 Å². The molecule has 0 radical (unpaired) electrons. The molecule has 0 unspecified atom stereocenters. The molecule has 2 aromatic rings. The number of ether oxygens (including phenoxy) is 3.